The van der Waals surface area contributed by atoms with E-state index in [1.165, 1.54) is 4.57 Å². The Morgan fingerprint density at radius 2 is 1.77 bits per heavy atom. The maximum atomic E-state index is 14.1. The third-order valence-corrected chi connectivity index (χ3v) is 8.46. The number of rotatable bonds is 8. The average Bonchev–Trinajstić information content (AvgIpc) is 3.62. The fourth-order valence-corrected chi connectivity index (χ4v) is 6.40. The highest BCUT2D eigenvalue weighted by Gasteiger charge is 2.33. The van der Waals surface area contributed by atoms with Crippen LogP contribution < -0.4 is 10.2 Å². The van der Waals surface area contributed by atoms with Crippen molar-refractivity contribution >= 4 is 22.8 Å². The smallest absolute Gasteiger partial charge is 0.296 e. The van der Waals surface area contributed by atoms with E-state index < -0.39 is 6.43 Å². The Morgan fingerprint density at radius 1 is 0.974 bits per heavy atom. The molecule has 3 aliphatic rings. The van der Waals surface area contributed by atoms with Crippen LogP contribution in [0.5, 0.6) is 0 Å². The Labute approximate surface area is 226 Å². The molecule has 6 rings (SSSR count). The Kier molecular flexibility index (Phi) is 7.87. The SMILES string of the molecule is FC[C@H]1CCCN1[C@H]1CC[C@H](CNc2cc(-n3c(C(F)F)nc4ccccc43)nc(N3CCOCC3)n2)CC1. The molecule has 11 heteroatoms. The van der Waals surface area contributed by atoms with E-state index in [0.717, 1.165) is 51.6 Å². The number of morpholine rings is 1. The Bertz CT molecular complexity index is 1260. The number of alkyl halides is 3. The van der Waals surface area contributed by atoms with Gasteiger partial charge in [0.1, 0.15) is 18.3 Å². The molecule has 1 aliphatic carbocycles. The summed E-state index contributed by atoms with van der Waals surface area (Å²) in [5.41, 5.74) is 1.08. The predicted molar refractivity (Wildman–Crippen MR) is 145 cm³/mol. The molecule has 1 N–H and O–H groups in total. The molecule has 2 saturated heterocycles. The molecule has 210 valence electrons. The van der Waals surface area contributed by atoms with Crippen molar-refractivity contribution in [3.63, 3.8) is 0 Å². The van der Waals surface area contributed by atoms with Crippen LogP contribution in [0.3, 0.4) is 0 Å². The number of hydrogen-bond donors (Lipinski definition) is 1. The van der Waals surface area contributed by atoms with Crippen molar-refractivity contribution in [2.24, 2.45) is 5.92 Å². The third-order valence-electron chi connectivity index (χ3n) is 8.46. The van der Waals surface area contributed by atoms with Gasteiger partial charge in [0.2, 0.25) is 5.95 Å². The van der Waals surface area contributed by atoms with E-state index in [2.05, 4.69) is 15.2 Å². The van der Waals surface area contributed by atoms with Crippen LogP contribution >= 0.6 is 0 Å². The highest BCUT2D eigenvalue weighted by molar-refractivity contribution is 5.78. The Balaban J connectivity index is 1.23. The van der Waals surface area contributed by atoms with Gasteiger partial charge in [0, 0.05) is 37.8 Å². The molecule has 0 bridgehead atoms. The largest absolute Gasteiger partial charge is 0.378 e. The van der Waals surface area contributed by atoms with Gasteiger partial charge in [-0.2, -0.15) is 9.97 Å². The number of halogens is 3. The van der Waals surface area contributed by atoms with Crippen molar-refractivity contribution < 1.29 is 17.9 Å². The minimum Gasteiger partial charge on any atom is -0.378 e. The molecule has 1 saturated carbocycles. The lowest BCUT2D eigenvalue weighted by Gasteiger charge is -2.37. The van der Waals surface area contributed by atoms with Gasteiger partial charge in [0.15, 0.2) is 5.82 Å². The number of imidazole rings is 1. The molecule has 3 aromatic rings. The molecule has 0 radical (unpaired) electrons. The first-order valence-corrected chi connectivity index (χ1v) is 14.1. The molecule has 8 nitrogen and oxygen atoms in total. The molecule has 1 atom stereocenters. The summed E-state index contributed by atoms with van der Waals surface area (Å²) in [6.45, 7) is 3.91. The summed E-state index contributed by atoms with van der Waals surface area (Å²) < 4.78 is 48.6. The lowest BCUT2D eigenvalue weighted by molar-refractivity contribution is 0.111. The Morgan fingerprint density at radius 3 is 2.54 bits per heavy atom. The number of hydrogen-bond acceptors (Lipinski definition) is 7. The number of para-hydroxylation sites is 2. The summed E-state index contributed by atoms with van der Waals surface area (Å²) in [5.74, 6) is 1.61. The highest BCUT2D eigenvalue weighted by Crippen LogP contribution is 2.33. The first kappa shape index (κ1) is 26.3. The van der Waals surface area contributed by atoms with E-state index in [1.807, 2.05) is 11.0 Å². The van der Waals surface area contributed by atoms with Gasteiger partial charge in [-0.3, -0.25) is 9.47 Å². The molecule has 3 fully saturated rings. The van der Waals surface area contributed by atoms with E-state index in [-0.39, 0.29) is 18.5 Å². The standard InChI is InChI=1S/C28H36F3N7O/c29-17-21-4-3-11-37(21)20-9-7-19(8-10-20)18-32-24-16-25(35-28(34-24)36-12-14-39-15-13-36)38-23-6-2-1-5-22(23)33-27(38)26(30)31/h1-2,5-6,16,19-21,26H,3-4,7-15,17-18H2,(H,32,34,35)/t19-,20-,21-/m1/s1. The van der Waals surface area contributed by atoms with Gasteiger partial charge in [-0.1, -0.05) is 12.1 Å². The van der Waals surface area contributed by atoms with Crippen molar-refractivity contribution in [2.75, 3.05) is 56.3 Å². The van der Waals surface area contributed by atoms with Crippen LogP contribution in [0.2, 0.25) is 0 Å². The second kappa shape index (κ2) is 11.7. The second-order valence-corrected chi connectivity index (χ2v) is 10.8. The lowest BCUT2D eigenvalue weighted by Crippen LogP contribution is -2.42. The quantitative estimate of drug-likeness (QED) is 0.429. The van der Waals surface area contributed by atoms with Crippen LogP contribution in [0.15, 0.2) is 30.3 Å². The normalized spacial score (nSPS) is 24.6. The predicted octanol–water partition coefficient (Wildman–Crippen LogP) is 4.99. The number of aromatic nitrogens is 4. The van der Waals surface area contributed by atoms with Crippen LogP contribution in [-0.4, -0.2) is 82.6 Å². The van der Waals surface area contributed by atoms with Gasteiger partial charge in [-0.15, -0.1) is 0 Å². The van der Waals surface area contributed by atoms with Crippen LogP contribution in [0.4, 0.5) is 24.9 Å². The monoisotopic (exact) mass is 543 g/mol. The van der Waals surface area contributed by atoms with E-state index in [0.29, 0.717) is 66.9 Å². The summed E-state index contributed by atoms with van der Waals surface area (Å²) in [4.78, 5) is 18.1. The first-order valence-electron chi connectivity index (χ1n) is 14.1. The fourth-order valence-electron chi connectivity index (χ4n) is 6.40. The summed E-state index contributed by atoms with van der Waals surface area (Å²) in [7, 11) is 0. The molecule has 1 aromatic carbocycles. The van der Waals surface area contributed by atoms with Crippen molar-refractivity contribution in [3.8, 4) is 5.82 Å². The van der Waals surface area contributed by atoms with E-state index in [9.17, 15) is 13.2 Å². The molecule has 39 heavy (non-hydrogen) atoms. The zero-order chi connectivity index (χ0) is 26.8. The number of likely N-dealkylation sites (tertiary alicyclic amines) is 1. The lowest BCUT2D eigenvalue weighted by atomic mass is 9.85. The Hall–Kier alpha value is -2.92. The van der Waals surface area contributed by atoms with Gasteiger partial charge in [-0.25, -0.2) is 18.2 Å². The highest BCUT2D eigenvalue weighted by atomic mass is 19.3. The maximum absolute atomic E-state index is 14.1. The zero-order valence-electron chi connectivity index (χ0n) is 22.1. The minimum atomic E-state index is -2.75. The van der Waals surface area contributed by atoms with E-state index in [1.54, 1.807) is 24.3 Å². The van der Waals surface area contributed by atoms with Gasteiger partial charge < -0.3 is 15.0 Å². The van der Waals surface area contributed by atoms with Crippen LogP contribution in [0.1, 0.15) is 50.8 Å². The summed E-state index contributed by atoms with van der Waals surface area (Å²) in [6.07, 6.45) is 3.62. The molecule has 4 heterocycles. The number of benzene rings is 1. The first-order chi connectivity index (χ1) is 19.1. The van der Waals surface area contributed by atoms with Crippen LogP contribution in [0, 0.1) is 5.92 Å². The fraction of sp³-hybridized carbons (Fsp3) is 0.607. The average molecular weight is 544 g/mol. The van der Waals surface area contributed by atoms with E-state index >= 15 is 0 Å². The third kappa shape index (κ3) is 5.56. The van der Waals surface area contributed by atoms with Gasteiger partial charge >= 0.3 is 0 Å². The minimum absolute atomic E-state index is 0.0973. The molecular formula is C28H36F3N7O. The molecule has 0 unspecified atom stereocenters. The van der Waals surface area contributed by atoms with Crippen molar-refractivity contribution in [1.82, 2.24) is 24.4 Å². The van der Waals surface area contributed by atoms with Crippen LogP contribution in [-0.2, 0) is 4.74 Å². The molecule has 0 spiro atoms. The van der Waals surface area contributed by atoms with Gasteiger partial charge in [0.05, 0.1) is 24.2 Å². The number of anilines is 2. The summed E-state index contributed by atoms with van der Waals surface area (Å²) in [6, 6.07) is 9.43. The number of nitrogens with zero attached hydrogens (tertiary/aromatic N) is 6. The number of nitrogens with one attached hydrogen (secondary N) is 1. The van der Waals surface area contributed by atoms with Gasteiger partial charge in [0.25, 0.3) is 6.43 Å². The molecule has 0 amide bonds. The van der Waals surface area contributed by atoms with Crippen molar-refractivity contribution in [3.05, 3.63) is 36.2 Å². The molecule has 2 aliphatic heterocycles. The zero-order valence-corrected chi connectivity index (χ0v) is 22.1. The maximum Gasteiger partial charge on any atom is 0.296 e. The van der Waals surface area contributed by atoms with E-state index in [4.69, 9.17) is 14.7 Å². The summed E-state index contributed by atoms with van der Waals surface area (Å²) in [5, 5.41) is 3.49. The van der Waals surface area contributed by atoms with Crippen molar-refractivity contribution in [2.45, 2.75) is 57.0 Å². The number of fused-ring (bicyclic) bond motifs is 1. The van der Waals surface area contributed by atoms with Crippen LogP contribution in [0.25, 0.3) is 16.9 Å². The van der Waals surface area contributed by atoms with Crippen molar-refractivity contribution in [1.29, 1.82) is 0 Å². The van der Waals surface area contributed by atoms with Gasteiger partial charge in [-0.05, 0) is 63.1 Å². The molecular weight excluding hydrogens is 507 g/mol. The second-order valence-electron chi connectivity index (χ2n) is 10.8. The molecule has 2 aromatic heterocycles. The number of ether oxygens (including phenoxy) is 1. The topological polar surface area (TPSA) is 71.3 Å². The summed E-state index contributed by atoms with van der Waals surface area (Å²) >= 11 is 0.